The van der Waals surface area contributed by atoms with Gasteiger partial charge in [0.25, 0.3) is 0 Å². The Morgan fingerprint density at radius 2 is 2.12 bits per heavy atom. The van der Waals surface area contributed by atoms with Crippen LogP contribution in [0.5, 0.6) is 0 Å². The van der Waals surface area contributed by atoms with Gasteiger partial charge in [0, 0.05) is 41.5 Å². The molecule has 3 heterocycles. The largest absolute Gasteiger partial charge is 0.356 e. The van der Waals surface area contributed by atoms with E-state index in [9.17, 15) is 13.2 Å². The fraction of sp³-hybridized carbons (Fsp3) is 0.267. The average Bonchev–Trinajstić information content (AvgIpc) is 3.19. The van der Waals surface area contributed by atoms with E-state index in [0.29, 0.717) is 17.0 Å². The van der Waals surface area contributed by atoms with Crippen molar-refractivity contribution in [2.45, 2.75) is 24.6 Å². The van der Waals surface area contributed by atoms with Crippen molar-refractivity contribution in [3.63, 3.8) is 0 Å². The molecule has 0 saturated heterocycles. The van der Waals surface area contributed by atoms with Crippen LogP contribution in [0.1, 0.15) is 11.4 Å². The molecule has 0 aliphatic rings. The highest BCUT2D eigenvalue weighted by Crippen LogP contribution is 2.27. The lowest BCUT2D eigenvalue weighted by Crippen LogP contribution is -2.32. The Morgan fingerprint density at radius 1 is 1.32 bits per heavy atom. The lowest BCUT2D eigenvalue weighted by atomic mass is 10.3. The van der Waals surface area contributed by atoms with Gasteiger partial charge in [-0.25, -0.2) is 17.9 Å². The van der Waals surface area contributed by atoms with Crippen molar-refractivity contribution in [2.75, 3.05) is 6.54 Å². The molecule has 8 nitrogen and oxygen atoms in total. The van der Waals surface area contributed by atoms with Gasteiger partial charge in [-0.2, -0.15) is 4.98 Å². The minimum atomic E-state index is -3.66. The fourth-order valence-electron chi connectivity index (χ4n) is 2.36. The van der Waals surface area contributed by atoms with Crippen molar-refractivity contribution in [2.24, 2.45) is 0 Å². The Labute approximate surface area is 148 Å². The summed E-state index contributed by atoms with van der Waals surface area (Å²) in [5.74, 6) is 0.505. The van der Waals surface area contributed by atoms with Crippen molar-refractivity contribution in [1.29, 1.82) is 0 Å². The number of hydrogen-bond donors (Lipinski definition) is 1. The SMILES string of the molecule is Cc1cc(C)n(CCNS(=O)(=O)c2cc(-c3ccno3)cs2)c(=O)n1. The van der Waals surface area contributed by atoms with E-state index in [1.807, 2.05) is 0 Å². The molecule has 10 heteroatoms. The number of rotatable bonds is 6. The Kier molecular flexibility index (Phi) is 4.84. The van der Waals surface area contributed by atoms with E-state index >= 15 is 0 Å². The summed E-state index contributed by atoms with van der Waals surface area (Å²) in [4.78, 5) is 15.7. The van der Waals surface area contributed by atoms with Crippen molar-refractivity contribution in [1.82, 2.24) is 19.4 Å². The summed E-state index contributed by atoms with van der Waals surface area (Å²) < 4.78 is 33.9. The maximum absolute atomic E-state index is 12.4. The van der Waals surface area contributed by atoms with Gasteiger partial charge < -0.3 is 4.52 Å². The first kappa shape index (κ1) is 17.5. The monoisotopic (exact) mass is 380 g/mol. The van der Waals surface area contributed by atoms with E-state index in [1.54, 1.807) is 31.4 Å². The van der Waals surface area contributed by atoms with E-state index in [1.165, 1.54) is 16.8 Å². The molecule has 3 aromatic heterocycles. The molecule has 0 saturated carbocycles. The Bertz CT molecular complexity index is 1040. The summed E-state index contributed by atoms with van der Waals surface area (Å²) >= 11 is 1.09. The third-order valence-electron chi connectivity index (χ3n) is 3.54. The second-order valence-corrected chi connectivity index (χ2v) is 8.31. The van der Waals surface area contributed by atoms with Gasteiger partial charge in [0.2, 0.25) is 10.0 Å². The minimum Gasteiger partial charge on any atom is -0.356 e. The average molecular weight is 380 g/mol. The molecule has 0 amide bonds. The van der Waals surface area contributed by atoms with E-state index in [2.05, 4.69) is 14.9 Å². The van der Waals surface area contributed by atoms with Crippen LogP contribution in [0, 0.1) is 13.8 Å². The topological polar surface area (TPSA) is 107 Å². The number of nitrogens with zero attached hydrogens (tertiary/aromatic N) is 3. The highest BCUT2D eigenvalue weighted by molar-refractivity contribution is 7.91. The van der Waals surface area contributed by atoms with Crippen LogP contribution in [0.15, 0.2) is 43.3 Å². The standard InChI is InChI=1S/C15H16N4O4S2/c1-10-7-11(2)19(15(20)18-10)6-5-17-25(21,22)14-8-12(9-24-14)13-3-4-16-23-13/h3-4,7-9,17H,5-6H2,1-2H3. The summed E-state index contributed by atoms with van der Waals surface area (Å²) in [7, 11) is -3.66. The first-order chi connectivity index (χ1) is 11.9. The van der Waals surface area contributed by atoms with Crippen LogP contribution < -0.4 is 10.4 Å². The smallest absolute Gasteiger partial charge is 0.348 e. The maximum Gasteiger partial charge on any atom is 0.348 e. The molecule has 3 rings (SSSR count). The predicted octanol–water partition coefficient (Wildman–Crippen LogP) is 1.56. The van der Waals surface area contributed by atoms with Crippen LogP contribution in [0.4, 0.5) is 0 Å². The molecule has 0 aromatic carbocycles. The Balaban J connectivity index is 1.70. The van der Waals surface area contributed by atoms with Crippen molar-refractivity contribution in [3.8, 4) is 11.3 Å². The molecule has 0 atom stereocenters. The third kappa shape index (κ3) is 3.86. The number of sulfonamides is 1. The van der Waals surface area contributed by atoms with Crippen LogP contribution in [0.2, 0.25) is 0 Å². The zero-order valence-electron chi connectivity index (χ0n) is 13.6. The van der Waals surface area contributed by atoms with Gasteiger partial charge >= 0.3 is 5.69 Å². The number of aryl methyl sites for hydroxylation is 2. The summed E-state index contributed by atoms with van der Waals surface area (Å²) in [6.07, 6.45) is 1.50. The van der Waals surface area contributed by atoms with E-state index in [4.69, 9.17) is 4.52 Å². The van der Waals surface area contributed by atoms with E-state index in [-0.39, 0.29) is 23.0 Å². The molecule has 132 valence electrons. The fourth-order valence-corrected chi connectivity index (χ4v) is 4.60. The summed E-state index contributed by atoms with van der Waals surface area (Å²) in [6.45, 7) is 3.82. The molecule has 0 unspecified atom stereocenters. The summed E-state index contributed by atoms with van der Waals surface area (Å²) in [5, 5.41) is 5.29. The van der Waals surface area contributed by atoms with Crippen LogP contribution in [0.25, 0.3) is 11.3 Å². The van der Waals surface area contributed by atoms with Gasteiger partial charge in [-0.1, -0.05) is 5.16 Å². The normalized spacial score (nSPS) is 11.8. The number of nitrogens with one attached hydrogen (secondary N) is 1. The van der Waals surface area contributed by atoms with Gasteiger partial charge in [0.15, 0.2) is 5.76 Å². The van der Waals surface area contributed by atoms with Gasteiger partial charge in [0.05, 0.1) is 6.20 Å². The number of hydrogen-bond acceptors (Lipinski definition) is 7. The quantitative estimate of drug-likeness (QED) is 0.695. The molecule has 0 spiro atoms. The van der Waals surface area contributed by atoms with Gasteiger partial charge in [0.1, 0.15) is 4.21 Å². The van der Waals surface area contributed by atoms with Crippen molar-refractivity contribution in [3.05, 3.63) is 51.6 Å². The van der Waals surface area contributed by atoms with E-state index < -0.39 is 10.0 Å². The zero-order chi connectivity index (χ0) is 18.0. The first-order valence-electron chi connectivity index (χ1n) is 7.41. The highest BCUT2D eigenvalue weighted by atomic mass is 32.2. The van der Waals surface area contributed by atoms with Crippen LogP contribution in [0.3, 0.4) is 0 Å². The molecule has 0 fully saturated rings. The lowest BCUT2D eigenvalue weighted by Gasteiger charge is -2.10. The third-order valence-corrected chi connectivity index (χ3v) is 6.44. The number of aromatic nitrogens is 3. The molecule has 3 aromatic rings. The summed E-state index contributed by atoms with van der Waals surface area (Å²) in [6, 6.07) is 4.96. The molecule has 1 N–H and O–H groups in total. The van der Waals surface area contributed by atoms with Crippen LogP contribution >= 0.6 is 11.3 Å². The minimum absolute atomic E-state index is 0.0867. The van der Waals surface area contributed by atoms with Gasteiger partial charge in [-0.05, 0) is 26.0 Å². The predicted molar refractivity (Wildman–Crippen MR) is 93.0 cm³/mol. The molecule has 0 radical (unpaired) electrons. The zero-order valence-corrected chi connectivity index (χ0v) is 15.2. The summed E-state index contributed by atoms with van der Waals surface area (Å²) in [5.41, 5.74) is 1.64. The molecular weight excluding hydrogens is 364 g/mol. The molecule has 0 aliphatic heterocycles. The van der Waals surface area contributed by atoms with Gasteiger partial charge in [-0.3, -0.25) is 4.57 Å². The van der Waals surface area contributed by atoms with Crippen LogP contribution in [-0.4, -0.2) is 29.7 Å². The second-order valence-electron chi connectivity index (χ2n) is 5.40. The van der Waals surface area contributed by atoms with E-state index in [0.717, 1.165) is 17.0 Å². The van der Waals surface area contributed by atoms with Crippen molar-refractivity contribution >= 4 is 21.4 Å². The molecule has 25 heavy (non-hydrogen) atoms. The number of thiophene rings is 1. The Hall–Kier alpha value is -2.30. The second kappa shape index (κ2) is 6.90. The lowest BCUT2D eigenvalue weighted by molar-refractivity contribution is 0.432. The maximum atomic E-state index is 12.4. The van der Waals surface area contributed by atoms with Gasteiger partial charge in [-0.15, -0.1) is 11.3 Å². The van der Waals surface area contributed by atoms with Crippen LogP contribution in [-0.2, 0) is 16.6 Å². The molecular formula is C15H16N4O4S2. The Morgan fingerprint density at radius 3 is 2.80 bits per heavy atom. The highest BCUT2D eigenvalue weighted by Gasteiger charge is 2.18. The first-order valence-corrected chi connectivity index (χ1v) is 9.77. The van der Waals surface area contributed by atoms with Crippen molar-refractivity contribution < 1.29 is 12.9 Å². The molecule has 0 aliphatic carbocycles. The molecule has 0 bridgehead atoms.